The minimum atomic E-state index is -4.21. The average Bonchev–Trinajstić information content (AvgIpc) is 2.90. The van der Waals surface area contributed by atoms with Crippen LogP contribution in [-0.2, 0) is 26.2 Å². The molecule has 11 heteroatoms. The van der Waals surface area contributed by atoms with E-state index in [1.54, 1.807) is 43.3 Å². The zero-order valence-electron chi connectivity index (χ0n) is 22.7. The average molecular weight is 625 g/mol. The molecule has 0 unspecified atom stereocenters. The molecule has 0 radical (unpaired) electrons. The molecule has 40 heavy (non-hydrogen) atoms. The Kier molecular flexibility index (Phi) is 10.9. The van der Waals surface area contributed by atoms with Crippen LogP contribution >= 0.6 is 34.8 Å². The number of sulfonamides is 1. The van der Waals surface area contributed by atoms with Crippen LogP contribution in [0.25, 0.3) is 0 Å². The van der Waals surface area contributed by atoms with Gasteiger partial charge in [-0.3, -0.25) is 13.9 Å². The van der Waals surface area contributed by atoms with Crippen molar-refractivity contribution in [1.29, 1.82) is 0 Å². The summed E-state index contributed by atoms with van der Waals surface area (Å²) in [4.78, 5) is 28.3. The highest BCUT2D eigenvalue weighted by molar-refractivity contribution is 7.92. The maximum absolute atomic E-state index is 13.9. The van der Waals surface area contributed by atoms with Crippen molar-refractivity contribution in [3.05, 3.63) is 92.9 Å². The van der Waals surface area contributed by atoms with E-state index in [1.807, 2.05) is 20.8 Å². The van der Waals surface area contributed by atoms with Crippen LogP contribution in [0.5, 0.6) is 0 Å². The third kappa shape index (κ3) is 8.13. The standard InChI is InChI=1S/C29H32Cl3N3O4S/c1-19(2)16-33-29(37)21(4)34(17-22-6-5-7-23(30)14-22)28(36)18-35(24-10-13-26(31)27(32)15-24)40(38,39)25-11-8-20(3)9-12-25/h5-15,19,21H,16-18H2,1-4H3,(H,33,37)/t21-/m1/s1. The second-order valence-corrected chi connectivity index (χ2v) is 13.0. The van der Waals surface area contributed by atoms with Gasteiger partial charge in [0.1, 0.15) is 12.6 Å². The Labute approximate surface area is 251 Å². The quantitative estimate of drug-likeness (QED) is 0.270. The van der Waals surface area contributed by atoms with Crippen molar-refractivity contribution in [2.24, 2.45) is 5.92 Å². The van der Waals surface area contributed by atoms with Gasteiger partial charge < -0.3 is 10.2 Å². The number of halogens is 3. The van der Waals surface area contributed by atoms with E-state index in [-0.39, 0.29) is 39.0 Å². The molecule has 0 saturated heterocycles. The monoisotopic (exact) mass is 623 g/mol. The third-order valence-electron chi connectivity index (χ3n) is 6.17. The van der Waals surface area contributed by atoms with E-state index in [9.17, 15) is 18.0 Å². The predicted octanol–water partition coefficient (Wildman–Crippen LogP) is 6.34. The number of nitrogens with one attached hydrogen (secondary N) is 1. The fourth-order valence-electron chi connectivity index (χ4n) is 3.87. The van der Waals surface area contributed by atoms with E-state index in [0.717, 1.165) is 9.87 Å². The molecule has 3 aromatic rings. The maximum atomic E-state index is 13.9. The van der Waals surface area contributed by atoms with Gasteiger partial charge in [0.2, 0.25) is 11.8 Å². The highest BCUT2D eigenvalue weighted by atomic mass is 35.5. The van der Waals surface area contributed by atoms with Crippen molar-refractivity contribution in [3.63, 3.8) is 0 Å². The van der Waals surface area contributed by atoms with E-state index in [0.29, 0.717) is 17.1 Å². The minimum Gasteiger partial charge on any atom is -0.354 e. The summed E-state index contributed by atoms with van der Waals surface area (Å²) in [7, 11) is -4.21. The van der Waals surface area contributed by atoms with E-state index < -0.39 is 28.5 Å². The van der Waals surface area contributed by atoms with Crippen LogP contribution in [0.4, 0.5) is 5.69 Å². The second-order valence-electron chi connectivity index (χ2n) is 9.89. The lowest BCUT2D eigenvalue weighted by Crippen LogP contribution is -2.51. The zero-order chi connectivity index (χ0) is 29.6. The number of amides is 2. The highest BCUT2D eigenvalue weighted by Crippen LogP contribution is 2.31. The molecule has 0 bridgehead atoms. The molecule has 0 aliphatic rings. The number of hydrogen-bond donors (Lipinski definition) is 1. The number of nitrogens with zero attached hydrogens (tertiary/aromatic N) is 2. The lowest BCUT2D eigenvalue weighted by Gasteiger charge is -2.32. The first-order chi connectivity index (χ1) is 18.8. The van der Waals surface area contributed by atoms with Gasteiger partial charge in [0.05, 0.1) is 20.6 Å². The number of carbonyl (C=O) groups excluding carboxylic acids is 2. The van der Waals surface area contributed by atoms with Gasteiger partial charge in [0.25, 0.3) is 10.0 Å². The number of carbonyl (C=O) groups is 2. The van der Waals surface area contributed by atoms with Crippen molar-refractivity contribution in [3.8, 4) is 0 Å². The molecule has 3 rings (SSSR count). The van der Waals surface area contributed by atoms with Crippen molar-refractivity contribution >= 4 is 62.3 Å². The molecule has 0 spiro atoms. The first kappa shape index (κ1) is 31.7. The van der Waals surface area contributed by atoms with Gasteiger partial charge in [0.15, 0.2) is 0 Å². The van der Waals surface area contributed by atoms with Gasteiger partial charge in [-0.25, -0.2) is 8.42 Å². The molecule has 0 aliphatic heterocycles. The molecule has 7 nitrogen and oxygen atoms in total. The molecule has 1 atom stereocenters. The molecule has 0 aliphatic carbocycles. The van der Waals surface area contributed by atoms with E-state index in [1.165, 1.54) is 35.2 Å². The van der Waals surface area contributed by atoms with Gasteiger partial charge in [-0.1, -0.05) is 78.5 Å². The molecule has 2 amide bonds. The maximum Gasteiger partial charge on any atom is 0.264 e. The second kappa shape index (κ2) is 13.7. The van der Waals surface area contributed by atoms with Crippen LogP contribution in [0, 0.1) is 12.8 Å². The molecule has 0 fully saturated rings. The number of benzene rings is 3. The normalized spacial score (nSPS) is 12.2. The zero-order valence-corrected chi connectivity index (χ0v) is 25.8. The van der Waals surface area contributed by atoms with Gasteiger partial charge in [-0.05, 0) is 67.8 Å². The van der Waals surface area contributed by atoms with Gasteiger partial charge >= 0.3 is 0 Å². The van der Waals surface area contributed by atoms with Crippen molar-refractivity contribution in [1.82, 2.24) is 10.2 Å². The van der Waals surface area contributed by atoms with Gasteiger partial charge in [-0.15, -0.1) is 0 Å². The Bertz CT molecular complexity index is 1460. The molecule has 214 valence electrons. The summed E-state index contributed by atoms with van der Waals surface area (Å²) in [6.07, 6.45) is 0. The fraction of sp³-hybridized carbons (Fsp3) is 0.310. The molecule has 1 N–H and O–H groups in total. The topological polar surface area (TPSA) is 86.8 Å². The summed E-state index contributed by atoms with van der Waals surface area (Å²) in [6.45, 7) is 7.26. The van der Waals surface area contributed by atoms with Crippen LogP contribution in [0.3, 0.4) is 0 Å². The van der Waals surface area contributed by atoms with Crippen LogP contribution in [-0.4, -0.2) is 44.3 Å². The summed E-state index contributed by atoms with van der Waals surface area (Å²) in [5.74, 6) is -0.737. The van der Waals surface area contributed by atoms with Crippen LogP contribution in [0.15, 0.2) is 71.6 Å². The summed E-state index contributed by atoms with van der Waals surface area (Å²) in [5.41, 5.74) is 1.72. The SMILES string of the molecule is Cc1ccc(S(=O)(=O)N(CC(=O)N(Cc2cccc(Cl)c2)[C@H](C)C(=O)NCC(C)C)c2ccc(Cl)c(Cl)c2)cc1. The largest absolute Gasteiger partial charge is 0.354 e. The molecular formula is C29H32Cl3N3O4S. The number of aryl methyl sites for hydroxylation is 1. The van der Waals surface area contributed by atoms with Crippen LogP contribution in [0.2, 0.25) is 15.1 Å². The van der Waals surface area contributed by atoms with Crippen molar-refractivity contribution < 1.29 is 18.0 Å². The number of hydrogen-bond acceptors (Lipinski definition) is 4. The van der Waals surface area contributed by atoms with E-state index in [4.69, 9.17) is 34.8 Å². The molecular weight excluding hydrogens is 593 g/mol. The molecule has 0 saturated carbocycles. The Morgan fingerprint density at radius 3 is 2.17 bits per heavy atom. The van der Waals surface area contributed by atoms with Crippen LogP contribution < -0.4 is 9.62 Å². The predicted molar refractivity (Wildman–Crippen MR) is 161 cm³/mol. The Morgan fingerprint density at radius 1 is 0.900 bits per heavy atom. The van der Waals surface area contributed by atoms with Gasteiger partial charge in [0, 0.05) is 18.1 Å². The third-order valence-corrected chi connectivity index (χ3v) is 8.94. The first-order valence-corrected chi connectivity index (χ1v) is 15.2. The summed E-state index contributed by atoms with van der Waals surface area (Å²) in [5, 5.41) is 3.70. The van der Waals surface area contributed by atoms with E-state index in [2.05, 4.69) is 5.32 Å². The fourth-order valence-corrected chi connectivity index (χ4v) is 5.78. The summed E-state index contributed by atoms with van der Waals surface area (Å²) < 4.78 is 28.7. The highest BCUT2D eigenvalue weighted by Gasteiger charge is 2.32. The Balaban J connectivity index is 2.04. The minimum absolute atomic E-state index is 0.00101. The molecule has 0 heterocycles. The first-order valence-electron chi connectivity index (χ1n) is 12.7. The summed E-state index contributed by atoms with van der Waals surface area (Å²) >= 11 is 18.5. The molecule has 3 aromatic carbocycles. The summed E-state index contributed by atoms with van der Waals surface area (Å²) in [6, 6.07) is 16.7. The lowest BCUT2D eigenvalue weighted by molar-refractivity contribution is -0.139. The van der Waals surface area contributed by atoms with Crippen LogP contribution in [0.1, 0.15) is 31.9 Å². The van der Waals surface area contributed by atoms with Gasteiger partial charge in [-0.2, -0.15) is 0 Å². The lowest BCUT2D eigenvalue weighted by atomic mass is 10.1. The Hall–Kier alpha value is -2.78. The smallest absolute Gasteiger partial charge is 0.264 e. The number of anilines is 1. The molecule has 0 aromatic heterocycles. The van der Waals surface area contributed by atoms with Crippen molar-refractivity contribution in [2.45, 2.75) is 45.2 Å². The van der Waals surface area contributed by atoms with E-state index >= 15 is 0 Å². The van der Waals surface area contributed by atoms with Crippen molar-refractivity contribution in [2.75, 3.05) is 17.4 Å². The number of rotatable bonds is 11. The Morgan fingerprint density at radius 2 is 1.57 bits per heavy atom.